The van der Waals surface area contributed by atoms with Gasteiger partial charge in [0.1, 0.15) is 18.2 Å². The molecule has 3 aromatic rings. The van der Waals surface area contributed by atoms with E-state index < -0.39 is 5.56 Å². The van der Waals surface area contributed by atoms with Gasteiger partial charge in [0, 0.05) is 5.56 Å². The van der Waals surface area contributed by atoms with E-state index in [4.69, 9.17) is 9.47 Å². The first-order valence-corrected chi connectivity index (χ1v) is 9.67. The molecule has 0 spiro atoms. The largest absolute Gasteiger partial charge is 0.493 e. The molecule has 142 valence electrons. The first-order valence-electron chi connectivity index (χ1n) is 8.68. The first kappa shape index (κ1) is 19.5. The fourth-order valence-corrected chi connectivity index (χ4v) is 3.23. The van der Waals surface area contributed by atoms with E-state index in [0.29, 0.717) is 34.5 Å². The van der Waals surface area contributed by atoms with Crippen LogP contribution >= 0.6 is 11.8 Å². The Morgan fingerprint density at radius 1 is 1.18 bits per heavy atom. The summed E-state index contributed by atoms with van der Waals surface area (Å²) in [5.41, 5.74) is 1.50. The highest BCUT2D eigenvalue weighted by atomic mass is 32.2. The van der Waals surface area contributed by atoms with Crippen molar-refractivity contribution in [2.75, 3.05) is 12.9 Å². The summed E-state index contributed by atoms with van der Waals surface area (Å²) in [7, 11) is 1.54. The number of aromatic amines is 1. The molecule has 0 aliphatic heterocycles. The Kier molecular flexibility index (Phi) is 6.35. The number of ether oxygens (including phenoxy) is 2. The van der Waals surface area contributed by atoms with E-state index >= 15 is 0 Å². The predicted octanol–water partition coefficient (Wildman–Crippen LogP) is 4.01. The van der Waals surface area contributed by atoms with Crippen LogP contribution in [0.3, 0.4) is 0 Å². The summed E-state index contributed by atoms with van der Waals surface area (Å²) in [5, 5.41) is 9.88. The number of nitrogens with one attached hydrogen (secondary N) is 1. The van der Waals surface area contributed by atoms with Crippen molar-refractivity contribution in [3.05, 3.63) is 70.0 Å². The molecule has 28 heavy (non-hydrogen) atoms. The lowest BCUT2D eigenvalue weighted by Gasteiger charge is -2.13. The van der Waals surface area contributed by atoms with E-state index in [9.17, 15) is 10.1 Å². The smallest absolute Gasteiger partial charge is 0.270 e. The van der Waals surface area contributed by atoms with Crippen molar-refractivity contribution < 1.29 is 9.47 Å². The van der Waals surface area contributed by atoms with Gasteiger partial charge < -0.3 is 14.5 Å². The van der Waals surface area contributed by atoms with Gasteiger partial charge in [0.15, 0.2) is 16.7 Å². The highest BCUT2D eigenvalue weighted by molar-refractivity contribution is 7.99. The van der Waals surface area contributed by atoms with Crippen LogP contribution in [0.5, 0.6) is 11.5 Å². The fraction of sp³-hybridized carbons (Fsp3) is 0.190. The van der Waals surface area contributed by atoms with Crippen LogP contribution in [-0.4, -0.2) is 22.8 Å². The van der Waals surface area contributed by atoms with Crippen molar-refractivity contribution in [3.8, 4) is 28.8 Å². The van der Waals surface area contributed by atoms with Gasteiger partial charge in [-0.05, 0) is 29.5 Å². The highest BCUT2D eigenvalue weighted by Crippen LogP contribution is 2.33. The molecule has 7 heteroatoms. The van der Waals surface area contributed by atoms with E-state index in [1.54, 1.807) is 25.3 Å². The second kappa shape index (κ2) is 9.11. The minimum atomic E-state index is -0.452. The summed E-state index contributed by atoms with van der Waals surface area (Å²) >= 11 is 1.40. The second-order valence-corrected chi connectivity index (χ2v) is 7.03. The molecule has 3 rings (SSSR count). The summed E-state index contributed by atoms with van der Waals surface area (Å²) in [6.45, 7) is 2.37. The van der Waals surface area contributed by atoms with Crippen LogP contribution in [0.15, 0.2) is 58.5 Å². The number of hydrogen-bond donors (Lipinski definition) is 1. The quantitative estimate of drug-likeness (QED) is 0.482. The SMILES string of the molecule is CCSc1nc(-c2ccc(OCc3ccccc3)c(OC)c2)c(C#N)c(=O)[nH]1. The molecule has 0 fully saturated rings. The molecule has 0 atom stereocenters. The topological polar surface area (TPSA) is 88.0 Å². The third-order valence-corrected chi connectivity index (χ3v) is 4.72. The van der Waals surface area contributed by atoms with Crippen molar-refractivity contribution in [1.82, 2.24) is 9.97 Å². The predicted molar refractivity (Wildman–Crippen MR) is 109 cm³/mol. The average molecular weight is 393 g/mol. The molecule has 0 aliphatic carbocycles. The van der Waals surface area contributed by atoms with Crippen molar-refractivity contribution >= 4 is 11.8 Å². The zero-order chi connectivity index (χ0) is 19.9. The summed E-state index contributed by atoms with van der Waals surface area (Å²) in [5.74, 6) is 1.83. The summed E-state index contributed by atoms with van der Waals surface area (Å²) in [6.07, 6.45) is 0. The summed E-state index contributed by atoms with van der Waals surface area (Å²) in [4.78, 5) is 19.3. The van der Waals surface area contributed by atoms with Gasteiger partial charge in [-0.25, -0.2) is 4.98 Å². The molecule has 0 unspecified atom stereocenters. The Morgan fingerprint density at radius 2 is 1.96 bits per heavy atom. The maximum absolute atomic E-state index is 12.2. The molecule has 1 aromatic heterocycles. The molecule has 2 aromatic carbocycles. The Morgan fingerprint density at radius 3 is 2.64 bits per heavy atom. The van der Waals surface area contributed by atoms with Gasteiger partial charge in [-0.1, -0.05) is 49.0 Å². The Labute approximate surface area is 167 Å². The Balaban J connectivity index is 1.96. The molecular formula is C21H19N3O3S. The van der Waals surface area contributed by atoms with Crippen LogP contribution in [-0.2, 0) is 6.61 Å². The van der Waals surface area contributed by atoms with Gasteiger partial charge in [0.2, 0.25) is 0 Å². The molecule has 1 N–H and O–H groups in total. The molecule has 0 radical (unpaired) electrons. The normalized spacial score (nSPS) is 10.3. The van der Waals surface area contributed by atoms with Crippen LogP contribution < -0.4 is 15.0 Å². The standard InChI is InChI=1S/C21H19N3O3S/c1-3-28-21-23-19(16(12-22)20(25)24-21)15-9-10-17(18(11-15)26-2)27-13-14-7-5-4-6-8-14/h4-11H,3,13H2,1-2H3,(H,23,24,25). The maximum Gasteiger partial charge on any atom is 0.270 e. The Hall–Kier alpha value is -3.24. The van der Waals surface area contributed by atoms with E-state index in [1.807, 2.05) is 43.3 Å². The third kappa shape index (κ3) is 4.35. The summed E-state index contributed by atoms with van der Waals surface area (Å²) in [6, 6.07) is 17.0. The van der Waals surface area contributed by atoms with Gasteiger partial charge in [-0.15, -0.1) is 0 Å². The van der Waals surface area contributed by atoms with Gasteiger partial charge >= 0.3 is 0 Å². The zero-order valence-electron chi connectivity index (χ0n) is 15.6. The van der Waals surface area contributed by atoms with E-state index in [1.165, 1.54) is 11.8 Å². The monoisotopic (exact) mass is 393 g/mol. The zero-order valence-corrected chi connectivity index (χ0v) is 16.4. The number of rotatable bonds is 7. The number of benzene rings is 2. The minimum absolute atomic E-state index is 0.0274. The van der Waals surface area contributed by atoms with Crippen molar-refractivity contribution in [2.45, 2.75) is 18.7 Å². The van der Waals surface area contributed by atoms with Crippen LogP contribution in [0, 0.1) is 11.3 Å². The van der Waals surface area contributed by atoms with Crippen LogP contribution in [0.25, 0.3) is 11.3 Å². The Bertz CT molecular complexity index is 1060. The lowest BCUT2D eigenvalue weighted by molar-refractivity contribution is 0.284. The molecule has 0 bridgehead atoms. The number of H-pyrrole nitrogens is 1. The lowest BCUT2D eigenvalue weighted by atomic mass is 10.1. The van der Waals surface area contributed by atoms with Crippen molar-refractivity contribution in [3.63, 3.8) is 0 Å². The van der Waals surface area contributed by atoms with Crippen LogP contribution in [0.1, 0.15) is 18.1 Å². The van der Waals surface area contributed by atoms with E-state index in [2.05, 4.69) is 9.97 Å². The van der Waals surface area contributed by atoms with Crippen LogP contribution in [0.2, 0.25) is 0 Å². The number of methoxy groups -OCH3 is 1. The summed E-state index contributed by atoms with van der Waals surface area (Å²) < 4.78 is 11.3. The molecular weight excluding hydrogens is 374 g/mol. The lowest BCUT2D eigenvalue weighted by Crippen LogP contribution is -2.14. The van der Waals surface area contributed by atoms with E-state index in [0.717, 1.165) is 11.3 Å². The number of hydrogen-bond acceptors (Lipinski definition) is 6. The third-order valence-electron chi connectivity index (χ3n) is 3.96. The van der Waals surface area contributed by atoms with Gasteiger partial charge in [0.05, 0.1) is 12.8 Å². The fourth-order valence-electron chi connectivity index (χ4n) is 2.64. The second-order valence-electron chi connectivity index (χ2n) is 5.78. The average Bonchev–Trinajstić information content (AvgIpc) is 2.72. The number of aromatic nitrogens is 2. The van der Waals surface area contributed by atoms with Gasteiger partial charge in [-0.2, -0.15) is 5.26 Å². The molecule has 6 nitrogen and oxygen atoms in total. The van der Waals surface area contributed by atoms with Crippen LogP contribution in [0.4, 0.5) is 0 Å². The van der Waals surface area contributed by atoms with Crippen molar-refractivity contribution in [2.24, 2.45) is 0 Å². The molecule has 0 amide bonds. The maximum atomic E-state index is 12.2. The molecule has 0 saturated carbocycles. The van der Waals surface area contributed by atoms with Crippen molar-refractivity contribution in [1.29, 1.82) is 5.26 Å². The molecule has 0 aliphatic rings. The minimum Gasteiger partial charge on any atom is -0.493 e. The number of nitriles is 1. The first-order chi connectivity index (χ1) is 13.7. The van der Waals surface area contributed by atoms with Gasteiger partial charge in [0.25, 0.3) is 5.56 Å². The number of nitrogens with zero attached hydrogens (tertiary/aromatic N) is 2. The highest BCUT2D eigenvalue weighted by Gasteiger charge is 2.16. The number of thioether (sulfide) groups is 1. The molecule has 1 heterocycles. The van der Waals surface area contributed by atoms with Gasteiger partial charge in [-0.3, -0.25) is 4.79 Å². The van der Waals surface area contributed by atoms with E-state index in [-0.39, 0.29) is 5.56 Å². The molecule has 0 saturated heterocycles.